The van der Waals surface area contributed by atoms with Gasteiger partial charge in [-0.15, -0.1) is 10.2 Å². The second-order valence-corrected chi connectivity index (χ2v) is 13.0. The molecule has 244 valence electrons. The number of anilines is 1. The lowest BCUT2D eigenvalue weighted by Crippen LogP contribution is -2.29. The summed E-state index contributed by atoms with van der Waals surface area (Å²) in [6.45, 7) is 2.37. The Labute approximate surface area is 284 Å². The van der Waals surface area contributed by atoms with Gasteiger partial charge in [0.1, 0.15) is 23.9 Å². The molecule has 2 heterocycles. The van der Waals surface area contributed by atoms with Crippen molar-refractivity contribution < 1.29 is 33.3 Å². The Balaban J connectivity index is 1.34. The molecule has 6 rings (SSSR count). The number of Topliss-reactive ketones (excluding diaryl/α,β-unsaturated/α-hetero) is 1. The molecule has 1 N–H and O–H groups in total. The maximum Gasteiger partial charge on any atom is 0.301 e. The van der Waals surface area contributed by atoms with Crippen LogP contribution in [0.4, 0.5) is 9.52 Å². The molecular formula is C36H30FN3O6S2. The number of amides is 1. The molecule has 0 aliphatic carbocycles. The average molecular weight is 684 g/mol. The standard InChI is InChI=1S/C36H30FN3O6S2/c1-21-7-6-8-22(17-21)19-46-26-14-11-23(12-15-26)32(41)30-31(24-13-16-28(44-2)29(18-24)45-3)40(34(43)33(30)42)35-38-39-36(48-35)47-20-25-9-4-5-10-27(25)37/h4-18,31,41H,19-20H2,1-3H3/b32-30+. The minimum Gasteiger partial charge on any atom is -0.507 e. The number of halogens is 1. The van der Waals surface area contributed by atoms with Gasteiger partial charge in [0.05, 0.1) is 25.8 Å². The Morgan fingerprint density at radius 3 is 2.44 bits per heavy atom. The molecular weight excluding hydrogens is 654 g/mol. The van der Waals surface area contributed by atoms with E-state index >= 15 is 0 Å². The number of benzene rings is 4. The fourth-order valence-corrected chi connectivity index (χ4v) is 7.17. The van der Waals surface area contributed by atoms with E-state index in [1.165, 1.54) is 36.9 Å². The Morgan fingerprint density at radius 2 is 1.71 bits per heavy atom. The van der Waals surface area contributed by atoms with E-state index in [2.05, 4.69) is 10.2 Å². The van der Waals surface area contributed by atoms with Crippen molar-refractivity contribution >= 4 is 45.7 Å². The normalized spacial score (nSPS) is 15.5. The summed E-state index contributed by atoms with van der Waals surface area (Å²) in [6.07, 6.45) is 0. The maximum atomic E-state index is 14.2. The van der Waals surface area contributed by atoms with Gasteiger partial charge in [0, 0.05) is 11.3 Å². The molecule has 9 nitrogen and oxygen atoms in total. The van der Waals surface area contributed by atoms with Crippen LogP contribution >= 0.6 is 23.1 Å². The van der Waals surface area contributed by atoms with E-state index in [1.54, 1.807) is 60.7 Å². The van der Waals surface area contributed by atoms with Crippen molar-refractivity contribution in [3.05, 3.63) is 130 Å². The molecule has 1 aliphatic rings. The molecule has 0 saturated carbocycles. The van der Waals surface area contributed by atoms with Crippen LogP contribution in [0.15, 0.2) is 101 Å². The molecule has 1 amide bonds. The summed E-state index contributed by atoms with van der Waals surface area (Å²) in [7, 11) is 2.98. The van der Waals surface area contributed by atoms with Crippen LogP contribution in [-0.4, -0.2) is 41.2 Å². The Morgan fingerprint density at radius 1 is 0.938 bits per heavy atom. The topological polar surface area (TPSA) is 111 Å². The summed E-state index contributed by atoms with van der Waals surface area (Å²) in [5.41, 5.74) is 3.31. The summed E-state index contributed by atoms with van der Waals surface area (Å²) in [5, 5.41) is 20.2. The molecule has 1 atom stereocenters. The van der Waals surface area contributed by atoms with Gasteiger partial charge in [-0.05, 0) is 66.1 Å². The number of nitrogens with zero attached hydrogens (tertiary/aromatic N) is 3. The number of carbonyl (C=O) groups excluding carboxylic acids is 2. The van der Waals surface area contributed by atoms with E-state index in [0.717, 1.165) is 22.5 Å². The third kappa shape index (κ3) is 6.76. The van der Waals surface area contributed by atoms with E-state index in [0.29, 0.717) is 50.6 Å². The van der Waals surface area contributed by atoms with Gasteiger partial charge in [0.25, 0.3) is 5.78 Å². The maximum absolute atomic E-state index is 14.2. The van der Waals surface area contributed by atoms with Gasteiger partial charge in [-0.3, -0.25) is 14.5 Å². The van der Waals surface area contributed by atoms with Crippen LogP contribution in [-0.2, 0) is 21.9 Å². The number of aryl methyl sites for hydroxylation is 1. The van der Waals surface area contributed by atoms with Crippen LogP contribution < -0.4 is 19.1 Å². The number of hydrogen-bond donors (Lipinski definition) is 1. The fourth-order valence-electron chi connectivity index (χ4n) is 5.31. The third-order valence-electron chi connectivity index (χ3n) is 7.69. The summed E-state index contributed by atoms with van der Waals surface area (Å²) >= 11 is 2.35. The zero-order chi connectivity index (χ0) is 33.8. The highest BCUT2D eigenvalue weighted by Gasteiger charge is 2.48. The molecule has 5 aromatic rings. The first-order chi connectivity index (χ1) is 23.3. The molecule has 1 unspecified atom stereocenters. The lowest BCUT2D eigenvalue weighted by Gasteiger charge is -2.23. The first-order valence-electron chi connectivity index (χ1n) is 14.8. The van der Waals surface area contributed by atoms with Gasteiger partial charge in [0.2, 0.25) is 5.13 Å². The van der Waals surface area contributed by atoms with Gasteiger partial charge in [-0.1, -0.05) is 77.2 Å². The number of thioether (sulfide) groups is 1. The van der Waals surface area contributed by atoms with E-state index in [9.17, 15) is 19.1 Å². The Kier molecular flexibility index (Phi) is 9.74. The molecule has 12 heteroatoms. The predicted octanol–water partition coefficient (Wildman–Crippen LogP) is 7.50. The largest absolute Gasteiger partial charge is 0.507 e. The number of ketones is 1. The van der Waals surface area contributed by atoms with Crippen LogP contribution in [0.1, 0.15) is 33.9 Å². The highest BCUT2D eigenvalue weighted by Crippen LogP contribution is 2.45. The third-order valence-corrected chi connectivity index (χ3v) is 9.80. The van der Waals surface area contributed by atoms with E-state index in [1.807, 2.05) is 31.2 Å². The number of rotatable bonds is 11. The van der Waals surface area contributed by atoms with Gasteiger partial charge in [0.15, 0.2) is 15.8 Å². The lowest BCUT2D eigenvalue weighted by molar-refractivity contribution is -0.132. The zero-order valence-electron chi connectivity index (χ0n) is 26.2. The van der Waals surface area contributed by atoms with Gasteiger partial charge < -0.3 is 19.3 Å². The van der Waals surface area contributed by atoms with Crippen LogP contribution in [0.2, 0.25) is 0 Å². The van der Waals surface area contributed by atoms with Crippen LogP contribution in [0, 0.1) is 12.7 Å². The summed E-state index contributed by atoms with van der Waals surface area (Å²) in [4.78, 5) is 28.6. The van der Waals surface area contributed by atoms with Crippen molar-refractivity contribution in [3.63, 3.8) is 0 Å². The summed E-state index contributed by atoms with van der Waals surface area (Å²) in [6, 6.07) is 25.0. The van der Waals surface area contributed by atoms with Gasteiger partial charge in [-0.2, -0.15) is 0 Å². The van der Waals surface area contributed by atoms with Crippen molar-refractivity contribution in [3.8, 4) is 17.2 Å². The second kappa shape index (κ2) is 14.3. The Hall–Kier alpha value is -5.20. The predicted molar refractivity (Wildman–Crippen MR) is 182 cm³/mol. The average Bonchev–Trinajstić information content (AvgIpc) is 3.68. The number of ether oxygens (including phenoxy) is 3. The molecule has 1 saturated heterocycles. The van der Waals surface area contributed by atoms with Crippen LogP contribution in [0.5, 0.6) is 17.2 Å². The number of aliphatic hydroxyl groups excluding tert-OH is 1. The number of hydrogen-bond acceptors (Lipinski definition) is 10. The number of aromatic nitrogens is 2. The van der Waals surface area contributed by atoms with Crippen molar-refractivity contribution in [2.75, 3.05) is 19.1 Å². The number of aliphatic hydroxyl groups is 1. The smallest absolute Gasteiger partial charge is 0.301 e. The first kappa shape index (κ1) is 32.7. The highest BCUT2D eigenvalue weighted by atomic mass is 32.2. The first-order valence-corrected chi connectivity index (χ1v) is 16.6. The van der Waals surface area contributed by atoms with Gasteiger partial charge >= 0.3 is 5.91 Å². The van der Waals surface area contributed by atoms with Gasteiger partial charge in [-0.25, -0.2) is 4.39 Å². The van der Waals surface area contributed by atoms with E-state index < -0.39 is 17.7 Å². The summed E-state index contributed by atoms with van der Waals surface area (Å²) in [5.74, 6) is -0.780. The molecule has 0 bridgehead atoms. The molecule has 1 fully saturated rings. The minimum absolute atomic E-state index is 0.128. The van der Waals surface area contributed by atoms with Crippen molar-refractivity contribution in [2.45, 2.75) is 29.7 Å². The molecule has 0 radical (unpaired) electrons. The molecule has 0 spiro atoms. The van der Waals surface area contributed by atoms with Crippen molar-refractivity contribution in [1.82, 2.24) is 10.2 Å². The quantitative estimate of drug-likeness (QED) is 0.0498. The van der Waals surface area contributed by atoms with E-state index in [-0.39, 0.29) is 22.3 Å². The molecule has 1 aromatic heterocycles. The van der Waals surface area contributed by atoms with Crippen molar-refractivity contribution in [1.29, 1.82) is 0 Å². The fraction of sp³-hybridized carbons (Fsp3) is 0.167. The monoisotopic (exact) mass is 683 g/mol. The Bertz CT molecular complexity index is 2010. The lowest BCUT2D eigenvalue weighted by atomic mass is 9.95. The zero-order valence-corrected chi connectivity index (χ0v) is 27.8. The molecule has 1 aliphatic heterocycles. The molecule has 4 aromatic carbocycles. The minimum atomic E-state index is -1.07. The number of methoxy groups -OCH3 is 2. The van der Waals surface area contributed by atoms with Crippen LogP contribution in [0.25, 0.3) is 5.76 Å². The van der Waals surface area contributed by atoms with E-state index in [4.69, 9.17) is 14.2 Å². The molecule has 48 heavy (non-hydrogen) atoms. The van der Waals surface area contributed by atoms with Crippen molar-refractivity contribution in [2.24, 2.45) is 0 Å². The van der Waals surface area contributed by atoms with Crippen LogP contribution in [0.3, 0.4) is 0 Å². The summed E-state index contributed by atoms with van der Waals surface area (Å²) < 4.78 is 31.5. The second-order valence-electron chi connectivity index (χ2n) is 10.8. The highest BCUT2D eigenvalue weighted by molar-refractivity contribution is 8.00. The SMILES string of the molecule is COc1ccc(C2/C(=C(\O)c3ccc(OCc4cccc(C)c4)cc3)C(=O)C(=O)N2c2nnc(SCc3ccccc3F)s2)cc1OC. The number of carbonyl (C=O) groups is 2.